The van der Waals surface area contributed by atoms with Crippen LogP contribution >= 0.6 is 0 Å². The van der Waals surface area contributed by atoms with Crippen molar-refractivity contribution in [2.75, 3.05) is 48.3 Å². The Balaban J connectivity index is 1.49. The van der Waals surface area contributed by atoms with E-state index in [-0.39, 0.29) is 11.8 Å². The van der Waals surface area contributed by atoms with Crippen LogP contribution in [0.25, 0.3) is 0 Å². The summed E-state index contributed by atoms with van der Waals surface area (Å²) in [5.74, 6) is -0.259. The van der Waals surface area contributed by atoms with Gasteiger partial charge in [0, 0.05) is 43.2 Å². The second kappa shape index (κ2) is 9.07. The van der Waals surface area contributed by atoms with Crippen molar-refractivity contribution in [3.63, 3.8) is 0 Å². The highest BCUT2D eigenvalue weighted by Gasteiger charge is 2.21. The molecule has 148 valence electrons. The molecule has 0 saturated carbocycles. The number of nitrogens with one attached hydrogen (secondary N) is 2. The van der Waals surface area contributed by atoms with Gasteiger partial charge in [-0.1, -0.05) is 0 Å². The third-order valence-electron chi connectivity index (χ3n) is 4.42. The quantitative estimate of drug-likeness (QED) is 0.839. The average Bonchev–Trinajstić information content (AvgIpc) is 2.70. The topological polar surface area (TPSA) is 73.9 Å². The maximum atomic E-state index is 13.0. The third kappa shape index (κ3) is 5.12. The summed E-state index contributed by atoms with van der Waals surface area (Å²) in [5, 5.41) is 5.45. The molecule has 2 aromatic carbocycles. The molecule has 7 nitrogen and oxygen atoms in total. The molecule has 1 saturated heterocycles. The molecular weight excluding hydrogens is 363 g/mol. The highest BCUT2D eigenvalue weighted by Crippen LogP contribution is 2.18. The summed E-state index contributed by atoms with van der Waals surface area (Å²) < 4.78 is 17.9. The highest BCUT2D eigenvalue weighted by atomic mass is 19.1. The number of nitrogens with zero attached hydrogens (tertiary/aromatic N) is 2. The SMILES string of the molecule is CCOC(=O)Nc1ccc(NC(=O)N2CCN(c3ccc(F)cc3)CC2)cc1. The van der Waals surface area contributed by atoms with E-state index in [4.69, 9.17) is 4.74 Å². The molecule has 0 atom stereocenters. The van der Waals surface area contributed by atoms with Gasteiger partial charge in [-0.3, -0.25) is 5.32 Å². The van der Waals surface area contributed by atoms with Crippen molar-refractivity contribution in [2.24, 2.45) is 0 Å². The fraction of sp³-hybridized carbons (Fsp3) is 0.300. The van der Waals surface area contributed by atoms with Crippen LogP contribution in [0.15, 0.2) is 48.5 Å². The molecule has 2 aromatic rings. The van der Waals surface area contributed by atoms with Crippen LogP contribution < -0.4 is 15.5 Å². The zero-order valence-corrected chi connectivity index (χ0v) is 15.7. The number of hydrogen-bond acceptors (Lipinski definition) is 4. The Labute approximate surface area is 163 Å². The Bertz CT molecular complexity index is 803. The standard InChI is InChI=1S/C20H23FN4O3/c1-2-28-20(27)23-17-7-5-16(6-8-17)22-19(26)25-13-11-24(12-14-25)18-9-3-15(21)4-10-18/h3-10H,2,11-14H2,1H3,(H,22,26)(H,23,27). The lowest BCUT2D eigenvalue weighted by atomic mass is 10.2. The maximum absolute atomic E-state index is 13.0. The zero-order chi connectivity index (χ0) is 19.9. The van der Waals surface area contributed by atoms with Gasteiger partial charge in [-0.2, -0.15) is 0 Å². The molecule has 1 fully saturated rings. The van der Waals surface area contributed by atoms with Gasteiger partial charge < -0.3 is 19.9 Å². The first-order chi connectivity index (χ1) is 13.5. The number of piperazine rings is 1. The van der Waals surface area contributed by atoms with Gasteiger partial charge in [-0.15, -0.1) is 0 Å². The Kier molecular flexibility index (Phi) is 6.31. The molecule has 2 N–H and O–H groups in total. The van der Waals surface area contributed by atoms with E-state index in [1.807, 2.05) is 0 Å². The second-order valence-electron chi connectivity index (χ2n) is 6.30. The van der Waals surface area contributed by atoms with Gasteiger partial charge in [0.25, 0.3) is 0 Å². The zero-order valence-electron chi connectivity index (χ0n) is 15.7. The number of halogens is 1. The van der Waals surface area contributed by atoms with Crippen molar-refractivity contribution in [3.8, 4) is 0 Å². The van der Waals surface area contributed by atoms with Gasteiger partial charge in [0.1, 0.15) is 5.82 Å². The largest absolute Gasteiger partial charge is 0.450 e. The highest BCUT2D eigenvalue weighted by molar-refractivity contribution is 5.90. The minimum atomic E-state index is -0.515. The third-order valence-corrected chi connectivity index (χ3v) is 4.42. The summed E-state index contributed by atoms with van der Waals surface area (Å²) in [5.41, 5.74) is 2.18. The molecule has 8 heteroatoms. The number of amides is 3. The second-order valence-corrected chi connectivity index (χ2v) is 6.30. The lowest BCUT2D eigenvalue weighted by Crippen LogP contribution is -2.50. The number of rotatable bonds is 4. The first-order valence-electron chi connectivity index (χ1n) is 9.15. The van der Waals surface area contributed by atoms with E-state index in [2.05, 4.69) is 15.5 Å². The molecule has 3 rings (SSSR count). The first kappa shape index (κ1) is 19.5. The molecule has 1 aliphatic rings. The van der Waals surface area contributed by atoms with E-state index in [0.717, 1.165) is 5.69 Å². The van der Waals surface area contributed by atoms with Gasteiger partial charge in [-0.25, -0.2) is 14.0 Å². The summed E-state index contributed by atoms with van der Waals surface area (Å²) >= 11 is 0. The molecule has 0 spiro atoms. The van der Waals surface area contributed by atoms with Gasteiger partial charge >= 0.3 is 12.1 Å². The van der Waals surface area contributed by atoms with Crippen molar-refractivity contribution in [1.82, 2.24) is 4.90 Å². The van der Waals surface area contributed by atoms with Crippen LogP contribution in [-0.4, -0.2) is 49.8 Å². The van der Waals surface area contributed by atoms with E-state index in [0.29, 0.717) is 44.2 Å². The number of urea groups is 1. The van der Waals surface area contributed by atoms with E-state index in [1.54, 1.807) is 48.2 Å². The Morgan fingerprint density at radius 3 is 2.07 bits per heavy atom. The number of ether oxygens (including phenoxy) is 1. The van der Waals surface area contributed by atoms with Crippen molar-refractivity contribution in [1.29, 1.82) is 0 Å². The maximum Gasteiger partial charge on any atom is 0.411 e. The molecule has 0 radical (unpaired) electrons. The van der Waals surface area contributed by atoms with E-state index >= 15 is 0 Å². The van der Waals surface area contributed by atoms with Crippen LogP contribution in [0.5, 0.6) is 0 Å². The van der Waals surface area contributed by atoms with Gasteiger partial charge in [0.05, 0.1) is 6.61 Å². The molecule has 1 heterocycles. The number of carbonyl (C=O) groups excluding carboxylic acids is 2. The van der Waals surface area contributed by atoms with Gasteiger partial charge in [0.2, 0.25) is 0 Å². The van der Waals surface area contributed by atoms with Crippen molar-refractivity contribution < 1.29 is 18.7 Å². The predicted molar refractivity (Wildman–Crippen MR) is 106 cm³/mol. The lowest BCUT2D eigenvalue weighted by Gasteiger charge is -2.36. The Morgan fingerprint density at radius 1 is 0.929 bits per heavy atom. The molecule has 0 aromatic heterocycles. The normalized spacial score (nSPS) is 13.8. The Morgan fingerprint density at radius 2 is 1.50 bits per heavy atom. The molecular formula is C20H23FN4O3. The van der Waals surface area contributed by atoms with Crippen LogP contribution in [-0.2, 0) is 4.74 Å². The van der Waals surface area contributed by atoms with Crippen LogP contribution in [0.2, 0.25) is 0 Å². The predicted octanol–water partition coefficient (Wildman–Crippen LogP) is 3.75. The molecule has 0 bridgehead atoms. The average molecular weight is 386 g/mol. The van der Waals surface area contributed by atoms with Crippen molar-refractivity contribution in [2.45, 2.75) is 6.92 Å². The summed E-state index contributed by atoms with van der Waals surface area (Å²) in [7, 11) is 0. The van der Waals surface area contributed by atoms with Crippen LogP contribution in [0.3, 0.4) is 0 Å². The van der Waals surface area contributed by atoms with Crippen molar-refractivity contribution in [3.05, 3.63) is 54.3 Å². The molecule has 28 heavy (non-hydrogen) atoms. The monoisotopic (exact) mass is 386 g/mol. The smallest absolute Gasteiger partial charge is 0.411 e. The van der Waals surface area contributed by atoms with Crippen LogP contribution in [0, 0.1) is 5.82 Å². The fourth-order valence-corrected chi connectivity index (χ4v) is 2.94. The van der Waals surface area contributed by atoms with E-state index in [1.165, 1.54) is 12.1 Å². The number of carbonyl (C=O) groups is 2. The molecule has 0 unspecified atom stereocenters. The minimum absolute atomic E-state index is 0.176. The van der Waals surface area contributed by atoms with Gasteiger partial charge in [-0.05, 0) is 55.5 Å². The summed E-state index contributed by atoms with van der Waals surface area (Å²) in [6.45, 7) is 4.55. The number of hydrogen-bond donors (Lipinski definition) is 2. The number of benzene rings is 2. The van der Waals surface area contributed by atoms with Crippen molar-refractivity contribution >= 4 is 29.2 Å². The van der Waals surface area contributed by atoms with Crippen LogP contribution in [0.4, 0.5) is 31.0 Å². The summed E-state index contributed by atoms with van der Waals surface area (Å²) in [6, 6.07) is 13.0. The van der Waals surface area contributed by atoms with E-state index < -0.39 is 6.09 Å². The molecule has 0 aliphatic carbocycles. The Hall–Kier alpha value is -3.29. The minimum Gasteiger partial charge on any atom is -0.450 e. The number of anilines is 3. The fourth-order valence-electron chi connectivity index (χ4n) is 2.94. The first-order valence-corrected chi connectivity index (χ1v) is 9.15. The summed E-state index contributed by atoms with van der Waals surface area (Å²) in [4.78, 5) is 27.7. The summed E-state index contributed by atoms with van der Waals surface area (Å²) in [6.07, 6.45) is -0.515. The van der Waals surface area contributed by atoms with Crippen LogP contribution in [0.1, 0.15) is 6.92 Å². The molecule has 1 aliphatic heterocycles. The lowest BCUT2D eigenvalue weighted by molar-refractivity contribution is 0.168. The molecule has 3 amide bonds. The van der Waals surface area contributed by atoms with E-state index in [9.17, 15) is 14.0 Å². The van der Waals surface area contributed by atoms with Gasteiger partial charge in [0.15, 0.2) is 0 Å².